The van der Waals surface area contributed by atoms with E-state index in [0.717, 1.165) is 45.2 Å². The molecule has 270 valence electrons. The van der Waals surface area contributed by atoms with Gasteiger partial charge in [0.15, 0.2) is 0 Å². The highest BCUT2D eigenvalue weighted by Crippen LogP contribution is 2.41. The molecule has 5 aromatic rings. The lowest BCUT2D eigenvalue weighted by atomic mass is 9.94. The SMILES string of the molecule is CCc1c(F)ccc2cc(O)cc(-c3cc4nc(OCC56CCCN5CCC6)nc(N5CCCn6nc(C(=O)N(C)C)nc6C5)c4c(/C=C\N)n3)c12. The topological polar surface area (TPSA) is 152 Å². The molecule has 14 heteroatoms. The highest BCUT2D eigenvalue weighted by atomic mass is 19.1. The van der Waals surface area contributed by atoms with Crippen molar-refractivity contribution in [3.8, 4) is 23.0 Å². The summed E-state index contributed by atoms with van der Waals surface area (Å²) in [4.78, 5) is 38.7. The van der Waals surface area contributed by atoms with Crippen molar-refractivity contribution in [3.63, 3.8) is 0 Å². The van der Waals surface area contributed by atoms with Gasteiger partial charge in [-0.3, -0.25) is 9.69 Å². The smallest absolute Gasteiger partial charge is 0.319 e. The van der Waals surface area contributed by atoms with Crippen molar-refractivity contribution in [2.24, 2.45) is 5.73 Å². The fourth-order valence-electron chi connectivity index (χ4n) is 8.30. The van der Waals surface area contributed by atoms with Crippen LogP contribution in [0.3, 0.4) is 0 Å². The number of pyridine rings is 1. The molecule has 0 unspecified atom stereocenters. The quantitative estimate of drug-likeness (QED) is 0.227. The van der Waals surface area contributed by atoms with Crippen LogP contribution in [0.4, 0.5) is 10.2 Å². The van der Waals surface area contributed by atoms with Crippen LogP contribution in [0, 0.1) is 5.82 Å². The molecule has 0 aliphatic carbocycles. The maximum Gasteiger partial charge on any atom is 0.319 e. The van der Waals surface area contributed by atoms with Crippen LogP contribution in [0.5, 0.6) is 11.8 Å². The zero-order chi connectivity index (χ0) is 36.1. The van der Waals surface area contributed by atoms with Crippen LogP contribution < -0.4 is 15.4 Å². The lowest BCUT2D eigenvalue weighted by Crippen LogP contribution is -2.43. The van der Waals surface area contributed by atoms with Crippen molar-refractivity contribution < 1.29 is 19.0 Å². The van der Waals surface area contributed by atoms with Gasteiger partial charge in [-0.25, -0.2) is 19.0 Å². The van der Waals surface area contributed by atoms with Crippen LogP contribution in [0.15, 0.2) is 36.5 Å². The van der Waals surface area contributed by atoms with E-state index in [0.29, 0.717) is 88.5 Å². The number of fused-ring (bicyclic) bond motifs is 4. The van der Waals surface area contributed by atoms with Gasteiger partial charge in [-0.05, 0) is 104 Å². The molecule has 2 fully saturated rings. The molecule has 3 aliphatic rings. The standard InChI is InChI=1S/C38H43FN10O3/c1-4-25-27(39)9-8-23-18-24(50)19-26(32(23)25)29-20-30-33(28(41-29)10-13-40)35(44-37(42-30)52-22-38-11-5-15-48(38)16-6-12-38)47-14-7-17-49-31(21-47)43-34(45-49)36(51)46(2)3/h8-10,13,18-20,50H,4-7,11-12,14-17,21-22,40H2,1-3H3/b13-10-. The molecule has 2 saturated heterocycles. The molecule has 52 heavy (non-hydrogen) atoms. The summed E-state index contributed by atoms with van der Waals surface area (Å²) in [5, 5.41) is 17.4. The van der Waals surface area contributed by atoms with Gasteiger partial charge < -0.3 is 25.4 Å². The Kier molecular flexibility index (Phi) is 8.64. The number of anilines is 1. The molecule has 13 nitrogen and oxygen atoms in total. The molecule has 0 spiro atoms. The van der Waals surface area contributed by atoms with Crippen LogP contribution in [0.2, 0.25) is 0 Å². The second kappa shape index (κ2) is 13.3. The van der Waals surface area contributed by atoms with Crippen molar-refractivity contribution in [2.75, 3.05) is 45.2 Å². The molecule has 0 radical (unpaired) electrons. The zero-order valence-corrected chi connectivity index (χ0v) is 29.8. The number of phenols is 1. The Bertz CT molecular complexity index is 2220. The van der Waals surface area contributed by atoms with Crippen LogP contribution >= 0.6 is 0 Å². The first-order chi connectivity index (χ1) is 25.2. The molecule has 3 aromatic heterocycles. The van der Waals surface area contributed by atoms with Gasteiger partial charge in [0.05, 0.1) is 34.4 Å². The molecule has 1 amide bonds. The van der Waals surface area contributed by atoms with Crippen LogP contribution in [-0.4, -0.2) is 96.4 Å². The van der Waals surface area contributed by atoms with Crippen LogP contribution in [-0.2, 0) is 19.5 Å². The van der Waals surface area contributed by atoms with Crippen molar-refractivity contribution >= 4 is 39.5 Å². The van der Waals surface area contributed by atoms with E-state index in [2.05, 4.69) is 19.9 Å². The number of aromatic nitrogens is 6. The summed E-state index contributed by atoms with van der Waals surface area (Å²) in [5.74, 6) is 0.845. The number of carbonyl (C=O) groups excluding carboxylic acids is 1. The number of hydrogen-bond acceptors (Lipinski definition) is 11. The van der Waals surface area contributed by atoms with Gasteiger partial charge in [0.25, 0.3) is 5.91 Å². The number of benzene rings is 2. The van der Waals surface area contributed by atoms with E-state index >= 15 is 4.39 Å². The van der Waals surface area contributed by atoms with Gasteiger partial charge in [0.2, 0.25) is 5.82 Å². The van der Waals surface area contributed by atoms with Crippen molar-refractivity contribution in [2.45, 2.75) is 64.1 Å². The Morgan fingerprint density at radius 3 is 2.60 bits per heavy atom. The Labute approximate surface area is 300 Å². The van der Waals surface area contributed by atoms with Crippen molar-refractivity contribution in [1.29, 1.82) is 0 Å². The predicted molar refractivity (Wildman–Crippen MR) is 196 cm³/mol. The summed E-state index contributed by atoms with van der Waals surface area (Å²) in [6, 6.07) is 8.45. The van der Waals surface area contributed by atoms with E-state index in [1.165, 1.54) is 17.2 Å². The van der Waals surface area contributed by atoms with E-state index in [-0.39, 0.29) is 34.8 Å². The first kappa shape index (κ1) is 33.8. The average Bonchev–Trinajstić information content (AvgIpc) is 3.80. The monoisotopic (exact) mass is 706 g/mol. The number of carbonyl (C=O) groups is 1. The molecule has 2 aromatic carbocycles. The van der Waals surface area contributed by atoms with E-state index in [9.17, 15) is 9.90 Å². The number of nitrogens with two attached hydrogens (primary N) is 1. The fraction of sp³-hybridized carbons (Fsp3) is 0.421. The Balaban J connectivity index is 1.30. The Hall–Kier alpha value is -5.37. The lowest BCUT2D eigenvalue weighted by molar-refractivity contribution is 0.0815. The summed E-state index contributed by atoms with van der Waals surface area (Å²) in [7, 11) is 3.36. The number of ether oxygens (including phenoxy) is 1. The first-order valence-corrected chi connectivity index (χ1v) is 18.0. The van der Waals surface area contributed by atoms with E-state index < -0.39 is 0 Å². The van der Waals surface area contributed by atoms with Gasteiger partial charge in [0, 0.05) is 32.7 Å². The second-order valence-electron chi connectivity index (χ2n) is 14.2. The summed E-state index contributed by atoms with van der Waals surface area (Å²) in [5.41, 5.74) is 8.70. The predicted octanol–water partition coefficient (Wildman–Crippen LogP) is 4.89. The van der Waals surface area contributed by atoms with E-state index in [1.807, 2.05) is 13.0 Å². The lowest BCUT2D eigenvalue weighted by Gasteiger charge is -2.31. The Morgan fingerprint density at radius 1 is 1.04 bits per heavy atom. The Morgan fingerprint density at radius 2 is 1.85 bits per heavy atom. The summed E-state index contributed by atoms with van der Waals surface area (Å²) in [6.45, 7) is 6.07. The largest absolute Gasteiger partial charge is 0.508 e. The highest BCUT2D eigenvalue weighted by molar-refractivity contribution is 6.03. The molecule has 0 bridgehead atoms. The molecule has 3 aliphatic heterocycles. The van der Waals surface area contributed by atoms with Gasteiger partial charge >= 0.3 is 6.01 Å². The van der Waals surface area contributed by atoms with Gasteiger partial charge in [-0.15, -0.1) is 5.10 Å². The van der Waals surface area contributed by atoms with Gasteiger partial charge in [-0.1, -0.05) is 13.0 Å². The van der Waals surface area contributed by atoms with Crippen LogP contribution in [0.1, 0.15) is 66.7 Å². The molecule has 0 atom stereocenters. The molecule has 3 N–H and O–H groups in total. The van der Waals surface area contributed by atoms with Gasteiger partial charge in [0.1, 0.15) is 29.8 Å². The number of nitrogens with zero attached hydrogens (tertiary/aromatic N) is 9. The summed E-state index contributed by atoms with van der Waals surface area (Å²) < 4.78 is 23.6. The average molecular weight is 707 g/mol. The van der Waals surface area contributed by atoms with Gasteiger partial charge in [-0.2, -0.15) is 9.97 Å². The third-order valence-electron chi connectivity index (χ3n) is 10.8. The number of aromatic hydroxyl groups is 1. The minimum absolute atomic E-state index is 0.0230. The second-order valence-corrected chi connectivity index (χ2v) is 14.2. The maximum atomic E-state index is 15.2. The minimum atomic E-state index is -0.318. The third-order valence-corrected chi connectivity index (χ3v) is 10.8. The minimum Gasteiger partial charge on any atom is -0.508 e. The molecule has 6 heterocycles. The number of phenolic OH excluding ortho intramolecular Hbond substituents is 1. The number of halogens is 1. The molecule has 8 rings (SSSR count). The number of rotatable bonds is 8. The van der Waals surface area contributed by atoms with Crippen LogP contribution in [0.25, 0.3) is 39.0 Å². The number of amides is 1. The molecule has 0 saturated carbocycles. The fourth-order valence-corrected chi connectivity index (χ4v) is 8.30. The van der Waals surface area contributed by atoms with Crippen molar-refractivity contribution in [1.82, 2.24) is 39.5 Å². The normalized spacial score (nSPS) is 17.2. The summed E-state index contributed by atoms with van der Waals surface area (Å²) >= 11 is 0. The van der Waals surface area contributed by atoms with E-state index in [1.54, 1.807) is 43.1 Å². The highest BCUT2D eigenvalue weighted by Gasteiger charge is 2.45. The molecular formula is C38H43FN10O3. The third kappa shape index (κ3) is 5.84. The number of aryl methyl sites for hydroxylation is 2. The number of hydrogen-bond donors (Lipinski definition) is 2. The van der Waals surface area contributed by atoms with Crippen molar-refractivity contribution in [3.05, 3.63) is 65.3 Å². The zero-order valence-electron chi connectivity index (χ0n) is 29.8. The summed E-state index contributed by atoms with van der Waals surface area (Å²) in [6.07, 6.45) is 8.73. The molecular weight excluding hydrogens is 663 g/mol. The maximum absolute atomic E-state index is 15.2. The first-order valence-electron chi connectivity index (χ1n) is 18.0. The van der Waals surface area contributed by atoms with E-state index in [4.69, 9.17) is 25.4 Å².